The number of anilines is 1. The Bertz CT molecular complexity index is 595. The van der Waals surface area contributed by atoms with Gasteiger partial charge in [0.2, 0.25) is 6.79 Å². The van der Waals surface area contributed by atoms with Crippen LogP contribution in [-0.4, -0.2) is 25.3 Å². The number of amides is 1. The molecular formula is C18H23NO5. The van der Waals surface area contributed by atoms with E-state index in [0.29, 0.717) is 29.5 Å². The molecule has 130 valence electrons. The van der Waals surface area contributed by atoms with Gasteiger partial charge in [-0.15, -0.1) is 0 Å². The number of esters is 1. The van der Waals surface area contributed by atoms with Gasteiger partial charge in [0, 0.05) is 18.2 Å². The van der Waals surface area contributed by atoms with E-state index >= 15 is 0 Å². The topological polar surface area (TPSA) is 73.9 Å². The minimum absolute atomic E-state index is 0.186. The van der Waals surface area contributed by atoms with Gasteiger partial charge in [-0.25, -0.2) is 0 Å². The van der Waals surface area contributed by atoms with Gasteiger partial charge in [-0.3, -0.25) is 9.59 Å². The predicted molar refractivity (Wildman–Crippen MR) is 88.0 cm³/mol. The Labute approximate surface area is 141 Å². The zero-order valence-electron chi connectivity index (χ0n) is 13.7. The molecule has 6 nitrogen and oxygen atoms in total. The Morgan fingerprint density at radius 3 is 2.75 bits per heavy atom. The molecule has 0 unspecified atom stereocenters. The molecule has 1 amide bonds. The maximum absolute atomic E-state index is 11.9. The van der Waals surface area contributed by atoms with Crippen molar-refractivity contribution >= 4 is 17.6 Å². The summed E-state index contributed by atoms with van der Waals surface area (Å²) in [4.78, 5) is 23.6. The average molecular weight is 333 g/mol. The third kappa shape index (κ3) is 4.63. The second kappa shape index (κ2) is 8.04. The lowest BCUT2D eigenvalue weighted by atomic mass is 9.86. The van der Waals surface area contributed by atoms with Crippen molar-refractivity contribution in [2.45, 2.75) is 44.9 Å². The van der Waals surface area contributed by atoms with Gasteiger partial charge in [-0.2, -0.15) is 0 Å². The van der Waals surface area contributed by atoms with Crippen LogP contribution in [0.15, 0.2) is 18.2 Å². The summed E-state index contributed by atoms with van der Waals surface area (Å²) >= 11 is 0. The maximum atomic E-state index is 11.9. The average Bonchev–Trinajstić information content (AvgIpc) is 3.07. The van der Waals surface area contributed by atoms with Crippen LogP contribution in [0, 0.1) is 5.92 Å². The molecule has 1 saturated carbocycles. The highest BCUT2D eigenvalue weighted by atomic mass is 16.7. The molecule has 0 aromatic heterocycles. The van der Waals surface area contributed by atoms with Crippen LogP contribution in [0.25, 0.3) is 0 Å². The lowest BCUT2D eigenvalue weighted by Crippen LogP contribution is -2.21. The van der Waals surface area contributed by atoms with Gasteiger partial charge in [0.25, 0.3) is 5.91 Å². The number of fused-ring (bicyclic) bond motifs is 1. The number of nitrogens with one attached hydrogen (secondary N) is 1. The molecule has 0 atom stereocenters. The normalized spacial score (nSPS) is 16.7. The van der Waals surface area contributed by atoms with E-state index < -0.39 is 0 Å². The predicted octanol–water partition coefficient (Wildman–Crippen LogP) is 3.26. The Kier molecular flexibility index (Phi) is 5.56. The molecule has 0 bridgehead atoms. The molecule has 3 rings (SSSR count). The number of hydrogen-bond acceptors (Lipinski definition) is 5. The standard InChI is InChI=1S/C18H23NO5/c20-17(19-14-7-8-15-16(10-14)24-12-23-15)11-22-18(21)9-6-13-4-2-1-3-5-13/h7-8,10,13H,1-6,9,11-12H2,(H,19,20). The molecule has 24 heavy (non-hydrogen) atoms. The van der Waals surface area contributed by atoms with E-state index in [1.807, 2.05) is 0 Å². The summed E-state index contributed by atoms with van der Waals surface area (Å²) < 4.78 is 15.5. The van der Waals surface area contributed by atoms with Gasteiger partial charge in [-0.05, 0) is 24.5 Å². The van der Waals surface area contributed by atoms with Gasteiger partial charge in [0.15, 0.2) is 18.1 Å². The first-order valence-corrected chi connectivity index (χ1v) is 8.56. The Morgan fingerprint density at radius 2 is 1.92 bits per heavy atom. The second-order valence-corrected chi connectivity index (χ2v) is 6.32. The summed E-state index contributed by atoms with van der Waals surface area (Å²) in [5.41, 5.74) is 0.586. The molecule has 0 saturated heterocycles. The van der Waals surface area contributed by atoms with Crippen molar-refractivity contribution in [1.82, 2.24) is 0 Å². The highest BCUT2D eigenvalue weighted by molar-refractivity contribution is 5.93. The minimum Gasteiger partial charge on any atom is -0.456 e. The number of ether oxygens (including phenoxy) is 3. The van der Waals surface area contributed by atoms with Crippen LogP contribution in [0.2, 0.25) is 0 Å². The van der Waals surface area contributed by atoms with Crippen LogP contribution in [0.5, 0.6) is 11.5 Å². The minimum atomic E-state index is -0.361. The van der Waals surface area contributed by atoms with Crippen molar-refractivity contribution < 1.29 is 23.8 Å². The molecule has 1 fully saturated rings. The highest BCUT2D eigenvalue weighted by Crippen LogP contribution is 2.34. The lowest BCUT2D eigenvalue weighted by Gasteiger charge is -2.20. The number of carbonyl (C=O) groups is 2. The van der Waals surface area contributed by atoms with Crippen molar-refractivity contribution in [3.63, 3.8) is 0 Å². The molecular weight excluding hydrogens is 310 g/mol. The number of carbonyl (C=O) groups excluding carboxylic acids is 2. The zero-order valence-corrected chi connectivity index (χ0v) is 13.7. The van der Waals surface area contributed by atoms with Crippen LogP contribution < -0.4 is 14.8 Å². The maximum Gasteiger partial charge on any atom is 0.306 e. The molecule has 1 N–H and O–H groups in total. The molecule has 1 aromatic rings. The Balaban J connectivity index is 1.36. The van der Waals surface area contributed by atoms with E-state index in [9.17, 15) is 9.59 Å². The fraction of sp³-hybridized carbons (Fsp3) is 0.556. The molecule has 1 aliphatic carbocycles. The highest BCUT2D eigenvalue weighted by Gasteiger charge is 2.17. The molecule has 2 aliphatic rings. The van der Waals surface area contributed by atoms with Crippen LogP contribution >= 0.6 is 0 Å². The van der Waals surface area contributed by atoms with Crippen molar-refractivity contribution in [2.75, 3.05) is 18.7 Å². The van der Waals surface area contributed by atoms with Gasteiger partial charge in [-0.1, -0.05) is 32.1 Å². The van der Waals surface area contributed by atoms with Crippen LogP contribution in [-0.2, 0) is 14.3 Å². The molecule has 0 spiro atoms. The van der Waals surface area contributed by atoms with Crippen LogP contribution in [0.3, 0.4) is 0 Å². The molecule has 1 aliphatic heterocycles. The summed E-state index contributed by atoms with van der Waals surface area (Å²) in [5.74, 6) is 1.22. The summed E-state index contributed by atoms with van der Waals surface area (Å²) in [6.07, 6.45) is 7.50. The first-order chi connectivity index (χ1) is 11.7. The summed E-state index contributed by atoms with van der Waals surface area (Å²) in [7, 11) is 0. The second-order valence-electron chi connectivity index (χ2n) is 6.32. The SMILES string of the molecule is O=C(COC(=O)CCC1CCCCC1)Nc1ccc2c(c1)OCO2. The van der Waals surface area contributed by atoms with E-state index in [-0.39, 0.29) is 25.3 Å². The third-order valence-electron chi connectivity index (χ3n) is 4.50. The van der Waals surface area contributed by atoms with E-state index in [1.165, 1.54) is 32.1 Å². The van der Waals surface area contributed by atoms with Crippen molar-refractivity contribution in [2.24, 2.45) is 5.92 Å². The monoisotopic (exact) mass is 333 g/mol. The van der Waals surface area contributed by atoms with Gasteiger partial charge >= 0.3 is 5.97 Å². The van der Waals surface area contributed by atoms with E-state index in [1.54, 1.807) is 18.2 Å². The van der Waals surface area contributed by atoms with Crippen LogP contribution in [0.4, 0.5) is 5.69 Å². The summed E-state index contributed by atoms with van der Waals surface area (Å²) in [6.45, 7) is -0.0801. The molecule has 6 heteroatoms. The smallest absolute Gasteiger partial charge is 0.306 e. The largest absolute Gasteiger partial charge is 0.456 e. The van der Waals surface area contributed by atoms with Gasteiger partial charge in [0.05, 0.1) is 0 Å². The number of rotatable bonds is 6. The van der Waals surface area contributed by atoms with Gasteiger partial charge in [0.1, 0.15) is 0 Å². The quantitative estimate of drug-likeness (QED) is 0.809. The van der Waals surface area contributed by atoms with Gasteiger partial charge < -0.3 is 19.5 Å². The number of benzene rings is 1. The fourth-order valence-electron chi connectivity index (χ4n) is 3.19. The fourth-order valence-corrected chi connectivity index (χ4v) is 3.19. The van der Waals surface area contributed by atoms with E-state index in [0.717, 1.165) is 6.42 Å². The third-order valence-corrected chi connectivity index (χ3v) is 4.50. The van der Waals surface area contributed by atoms with Crippen LogP contribution in [0.1, 0.15) is 44.9 Å². The van der Waals surface area contributed by atoms with Crippen molar-refractivity contribution in [3.05, 3.63) is 18.2 Å². The number of hydrogen-bond donors (Lipinski definition) is 1. The lowest BCUT2D eigenvalue weighted by molar-refractivity contribution is -0.147. The van der Waals surface area contributed by atoms with Crippen molar-refractivity contribution in [1.29, 1.82) is 0 Å². The Hall–Kier alpha value is -2.24. The van der Waals surface area contributed by atoms with E-state index in [4.69, 9.17) is 14.2 Å². The molecule has 1 heterocycles. The summed E-state index contributed by atoms with van der Waals surface area (Å²) in [6, 6.07) is 5.13. The zero-order chi connectivity index (χ0) is 16.8. The van der Waals surface area contributed by atoms with E-state index in [2.05, 4.69) is 5.32 Å². The Morgan fingerprint density at radius 1 is 1.12 bits per heavy atom. The first kappa shape index (κ1) is 16.6. The molecule has 0 radical (unpaired) electrons. The van der Waals surface area contributed by atoms with Crippen molar-refractivity contribution in [3.8, 4) is 11.5 Å². The summed E-state index contributed by atoms with van der Waals surface area (Å²) in [5, 5.41) is 2.68. The first-order valence-electron chi connectivity index (χ1n) is 8.56. The molecule has 1 aromatic carbocycles.